The predicted molar refractivity (Wildman–Crippen MR) is 69.5 cm³/mol. The Morgan fingerprint density at radius 3 is 2.74 bits per heavy atom. The second-order valence-corrected chi connectivity index (χ2v) is 6.25. The fraction of sp³-hybridized carbons (Fsp3) is 0.846. The molecule has 0 spiro atoms. The van der Waals surface area contributed by atoms with Crippen LogP contribution in [0, 0.1) is 5.41 Å². The molecule has 108 valence electrons. The number of nitrogens with one attached hydrogen (secondary N) is 1. The van der Waals surface area contributed by atoms with Gasteiger partial charge in [0, 0.05) is 13.7 Å². The minimum atomic E-state index is -1.06. The third-order valence-corrected chi connectivity index (χ3v) is 3.46. The summed E-state index contributed by atoms with van der Waals surface area (Å²) < 4.78 is 10.7. The molecule has 2 unspecified atom stereocenters. The van der Waals surface area contributed by atoms with Crippen molar-refractivity contribution in [3.63, 3.8) is 0 Å². The highest BCUT2D eigenvalue weighted by molar-refractivity contribution is 5.04. The zero-order valence-corrected chi connectivity index (χ0v) is 12.1. The van der Waals surface area contributed by atoms with Gasteiger partial charge in [-0.15, -0.1) is 0 Å². The first-order valence-electron chi connectivity index (χ1n) is 6.67. The third-order valence-electron chi connectivity index (χ3n) is 3.46. The highest BCUT2D eigenvalue weighted by Gasteiger charge is 2.39. The molecule has 2 heterocycles. The van der Waals surface area contributed by atoms with Gasteiger partial charge >= 0.3 is 0 Å². The maximum Gasteiger partial charge on any atom is 0.260 e. The van der Waals surface area contributed by atoms with Crippen LogP contribution in [-0.4, -0.2) is 35.4 Å². The van der Waals surface area contributed by atoms with E-state index < -0.39 is 5.60 Å². The van der Waals surface area contributed by atoms with Gasteiger partial charge in [-0.3, -0.25) is 0 Å². The van der Waals surface area contributed by atoms with Gasteiger partial charge in [0.1, 0.15) is 6.10 Å². The van der Waals surface area contributed by atoms with E-state index in [0.717, 1.165) is 13.0 Å². The van der Waals surface area contributed by atoms with Crippen LogP contribution in [0.15, 0.2) is 4.52 Å². The Kier molecular flexibility index (Phi) is 3.94. The average molecular weight is 269 g/mol. The van der Waals surface area contributed by atoms with Crippen LogP contribution in [0.4, 0.5) is 0 Å². The number of piperidine rings is 1. The Balaban J connectivity index is 2.23. The zero-order chi connectivity index (χ0) is 14.1. The van der Waals surface area contributed by atoms with Gasteiger partial charge in [-0.25, -0.2) is 0 Å². The van der Waals surface area contributed by atoms with Crippen LogP contribution in [0.3, 0.4) is 0 Å². The van der Waals surface area contributed by atoms with Gasteiger partial charge in [-0.1, -0.05) is 25.9 Å². The van der Waals surface area contributed by atoms with E-state index in [4.69, 9.17) is 9.26 Å². The first kappa shape index (κ1) is 14.4. The number of rotatable bonds is 3. The van der Waals surface area contributed by atoms with Crippen molar-refractivity contribution in [2.45, 2.75) is 45.3 Å². The molecule has 2 rings (SSSR count). The highest BCUT2D eigenvalue weighted by Crippen LogP contribution is 2.35. The molecule has 1 aliphatic rings. The largest absolute Gasteiger partial charge is 0.379 e. The number of hydrogen-bond donors (Lipinski definition) is 2. The van der Waals surface area contributed by atoms with Gasteiger partial charge in [0.15, 0.2) is 5.60 Å². The smallest absolute Gasteiger partial charge is 0.260 e. The second-order valence-electron chi connectivity index (χ2n) is 6.25. The Hall–Kier alpha value is -0.980. The first-order valence-corrected chi connectivity index (χ1v) is 6.67. The summed E-state index contributed by atoms with van der Waals surface area (Å²) in [6.45, 7) is 7.50. The van der Waals surface area contributed by atoms with E-state index in [-0.39, 0.29) is 17.4 Å². The fourth-order valence-electron chi connectivity index (χ4n) is 2.45. The summed E-state index contributed by atoms with van der Waals surface area (Å²) in [6, 6.07) is 0. The van der Waals surface area contributed by atoms with Crippen molar-refractivity contribution in [3.05, 3.63) is 11.7 Å². The maximum atomic E-state index is 10.5. The summed E-state index contributed by atoms with van der Waals surface area (Å²) in [5.74, 6) is 0.769. The number of β-amino-alcohol motifs (C(OH)–C–C–N with tert-alkyl or cyclic N) is 1. The van der Waals surface area contributed by atoms with Crippen LogP contribution in [-0.2, 0) is 10.3 Å². The number of nitrogens with zero attached hydrogens (tertiary/aromatic N) is 2. The van der Waals surface area contributed by atoms with Gasteiger partial charge in [0.05, 0.1) is 0 Å². The van der Waals surface area contributed by atoms with Gasteiger partial charge in [-0.2, -0.15) is 4.98 Å². The molecule has 2 atom stereocenters. The molecular formula is C13H23N3O3. The number of ether oxygens (including phenoxy) is 1. The molecule has 6 nitrogen and oxygen atoms in total. The molecule has 1 aromatic heterocycles. The van der Waals surface area contributed by atoms with E-state index in [1.807, 2.05) is 20.8 Å². The molecular weight excluding hydrogens is 246 g/mol. The molecule has 1 aromatic rings. The maximum absolute atomic E-state index is 10.5. The number of aliphatic hydroxyl groups is 1. The third kappa shape index (κ3) is 2.96. The molecule has 1 aliphatic heterocycles. The van der Waals surface area contributed by atoms with Crippen molar-refractivity contribution in [1.29, 1.82) is 0 Å². The van der Waals surface area contributed by atoms with Crippen molar-refractivity contribution in [1.82, 2.24) is 15.5 Å². The van der Waals surface area contributed by atoms with E-state index in [1.54, 1.807) is 7.11 Å². The summed E-state index contributed by atoms with van der Waals surface area (Å²) in [6.07, 6.45) is 1.26. The lowest BCUT2D eigenvalue weighted by molar-refractivity contribution is -0.0167. The van der Waals surface area contributed by atoms with Crippen LogP contribution in [0.2, 0.25) is 0 Å². The normalized spacial score (nSPS) is 26.4. The quantitative estimate of drug-likeness (QED) is 0.862. The monoisotopic (exact) mass is 269 g/mol. The van der Waals surface area contributed by atoms with Crippen LogP contribution >= 0.6 is 0 Å². The van der Waals surface area contributed by atoms with Gasteiger partial charge in [0.25, 0.3) is 5.89 Å². The summed E-state index contributed by atoms with van der Waals surface area (Å²) in [4.78, 5) is 4.35. The fourth-order valence-corrected chi connectivity index (χ4v) is 2.45. The number of methoxy groups -OCH3 is 1. The first-order chi connectivity index (χ1) is 8.87. The Labute approximate surface area is 113 Å². The Morgan fingerprint density at radius 2 is 2.21 bits per heavy atom. The number of hydrogen-bond acceptors (Lipinski definition) is 6. The van der Waals surface area contributed by atoms with Crippen molar-refractivity contribution in [2.24, 2.45) is 5.41 Å². The van der Waals surface area contributed by atoms with Crippen LogP contribution in [0.5, 0.6) is 0 Å². The molecule has 6 heteroatoms. The van der Waals surface area contributed by atoms with Crippen molar-refractivity contribution < 1.29 is 14.4 Å². The molecule has 0 bridgehead atoms. The van der Waals surface area contributed by atoms with E-state index in [1.165, 1.54) is 0 Å². The molecule has 1 saturated heterocycles. The molecule has 0 saturated carbocycles. The van der Waals surface area contributed by atoms with Crippen LogP contribution < -0.4 is 5.32 Å². The van der Waals surface area contributed by atoms with Gasteiger partial charge < -0.3 is 19.7 Å². The zero-order valence-electron chi connectivity index (χ0n) is 12.1. The van der Waals surface area contributed by atoms with E-state index >= 15 is 0 Å². The molecule has 0 aliphatic carbocycles. The molecule has 19 heavy (non-hydrogen) atoms. The van der Waals surface area contributed by atoms with Crippen LogP contribution in [0.25, 0.3) is 0 Å². The summed E-state index contributed by atoms with van der Waals surface area (Å²) in [5, 5.41) is 17.6. The second kappa shape index (κ2) is 5.19. The predicted octanol–water partition coefficient (Wildman–Crippen LogP) is 1.37. The molecule has 2 N–H and O–H groups in total. The molecule has 0 radical (unpaired) electrons. The SMILES string of the molecule is COC(c1noc(C2(O)CCCNC2)n1)C(C)(C)C. The number of aromatic nitrogens is 2. The van der Waals surface area contributed by atoms with E-state index in [9.17, 15) is 5.11 Å². The lowest BCUT2D eigenvalue weighted by atomic mass is 9.88. The standard InChI is InChI=1S/C13H23N3O3/c1-12(2,3)9(18-4)10-15-11(19-16-10)13(17)6-5-7-14-8-13/h9,14,17H,5-8H2,1-4H3. The highest BCUT2D eigenvalue weighted by atomic mass is 16.5. The minimum Gasteiger partial charge on any atom is -0.379 e. The van der Waals surface area contributed by atoms with E-state index in [2.05, 4.69) is 15.5 Å². The Morgan fingerprint density at radius 1 is 1.47 bits per heavy atom. The molecule has 0 amide bonds. The summed E-state index contributed by atoms with van der Waals surface area (Å²) in [5.41, 5.74) is -1.19. The van der Waals surface area contributed by atoms with Crippen molar-refractivity contribution in [3.8, 4) is 0 Å². The van der Waals surface area contributed by atoms with Gasteiger partial charge in [0.2, 0.25) is 5.82 Å². The summed E-state index contributed by atoms with van der Waals surface area (Å²) in [7, 11) is 1.63. The molecule has 1 fully saturated rings. The minimum absolute atomic E-state index is 0.136. The summed E-state index contributed by atoms with van der Waals surface area (Å²) >= 11 is 0. The lowest BCUT2D eigenvalue weighted by Crippen LogP contribution is -2.43. The van der Waals surface area contributed by atoms with Gasteiger partial charge in [-0.05, 0) is 24.8 Å². The molecule has 0 aromatic carbocycles. The lowest BCUT2D eigenvalue weighted by Gasteiger charge is -2.29. The average Bonchev–Trinajstić information content (AvgIpc) is 2.79. The Bertz CT molecular complexity index is 419. The van der Waals surface area contributed by atoms with Crippen molar-refractivity contribution >= 4 is 0 Å². The van der Waals surface area contributed by atoms with E-state index in [0.29, 0.717) is 18.8 Å². The van der Waals surface area contributed by atoms with Crippen LogP contribution in [0.1, 0.15) is 51.4 Å². The topological polar surface area (TPSA) is 80.4 Å². The van der Waals surface area contributed by atoms with Crippen molar-refractivity contribution in [2.75, 3.05) is 20.2 Å².